The van der Waals surface area contributed by atoms with Gasteiger partial charge < -0.3 is 5.32 Å². The molecule has 0 saturated carbocycles. The van der Waals surface area contributed by atoms with Crippen LogP contribution in [-0.2, 0) is 14.6 Å². The van der Waals surface area contributed by atoms with Crippen LogP contribution in [0.1, 0.15) is 33.1 Å². The molecule has 0 aliphatic heterocycles. The van der Waals surface area contributed by atoms with Crippen LogP contribution in [0.5, 0.6) is 0 Å². The summed E-state index contributed by atoms with van der Waals surface area (Å²) < 4.78 is 24.8. The second-order valence-electron chi connectivity index (χ2n) is 6.33. The van der Waals surface area contributed by atoms with E-state index in [4.69, 9.17) is 0 Å². The summed E-state index contributed by atoms with van der Waals surface area (Å²) in [6, 6.07) is 6.35. The number of rotatable bonds is 5. The number of hydrogen-bond donors (Lipinski definition) is 1. The summed E-state index contributed by atoms with van der Waals surface area (Å²) in [5, 5.41) is 2.82. The van der Waals surface area contributed by atoms with Crippen LogP contribution < -0.4 is 5.32 Å². The molecule has 1 aliphatic rings. The van der Waals surface area contributed by atoms with E-state index in [2.05, 4.69) is 33.4 Å². The summed E-state index contributed by atoms with van der Waals surface area (Å²) in [4.78, 5) is 12.6. The summed E-state index contributed by atoms with van der Waals surface area (Å²) in [6.45, 7) is 3.43. The van der Waals surface area contributed by atoms with E-state index in [0.717, 1.165) is 23.7 Å². The van der Waals surface area contributed by atoms with Crippen molar-refractivity contribution in [3.05, 3.63) is 40.9 Å². The summed E-state index contributed by atoms with van der Waals surface area (Å²) >= 11 is 3.28. The first-order valence-electron chi connectivity index (χ1n) is 7.68. The minimum absolute atomic E-state index is 0.154. The predicted octanol–water partition coefficient (Wildman–Crippen LogP) is 3.47. The number of halogens is 1. The van der Waals surface area contributed by atoms with Crippen molar-refractivity contribution in [2.24, 2.45) is 5.92 Å². The molecule has 126 valence electrons. The van der Waals surface area contributed by atoms with Crippen molar-refractivity contribution in [2.45, 2.75) is 42.8 Å². The molecule has 1 aromatic rings. The molecule has 0 bridgehead atoms. The average Bonchev–Trinajstić information content (AvgIpc) is 2.53. The minimum atomic E-state index is -3.75. The van der Waals surface area contributed by atoms with Crippen molar-refractivity contribution in [3.63, 3.8) is 0 Å². The topological polar surface area (TPSA) is 63.2 Å². The van der Waals surface area contributed by atoms with Gasteiger partial charge in [0.15, 0.2) is 9.84 Å². The molecular weight excluding hydrogens is 378 g/mol. The zero-order valence-corrected chi connectivity index (χ0v) is 15.8. The fraction of sp³-hybridized carbons (Fsp3) is 0.471. The Bertz CT molecular complexity index is 693. The maximum Gasteiger partial charge on any atom is 0.241 e. The molecule has 6 heteroatoms. The number of nitrogens with one attached hydrogen (secondary N) is 1. The predicted molar refractivity (Wildman–Crippen MR) is 94.9 cm³/mol. The van der Waals surface area contributed by atoms with Gasteiger partial charge in [0.2, 0.25) is 5.91 Å². The minimum Gasteiger partial charge on any atom is -0.354 e. The molecule has 0 saturated heterocycles. The Labute approximate surface area is 146 Å². The Hall–Kier alpha value is -1.14. The molecule has 1 amide bonds. The van der Waals surface area contributed by atoms with Crippen LogP contribution in [-0.4, -0.2) is 25.6 Å². The summed E-state index contributed by atoms with van der Waals surface area (Å²) in [7, 11) is -3.75. The van der Waals surface area contributed by atoms with Gasteiger partial charge in [-0.2, -0.15) is 0 Å². The summed E-state index contributed by atoms with van der Waals surface area (Å²) in [6.07, 6.45) is 7.22. The van der Waals surface area contributed by atoms with Crippen LogP contribution in [0.2, 0.25) is 0 Å². The van der Waals surface area contributed by atoms with Crippen molar-refractivity contribution in [1.82, 2.24) is 5.32 Å². The molecule has 4 nitrogen and oxygen atoms in total. The Balaban J connectivity index is 2.10. The highest BCUT2D eigenvalue weighted by Gasteiger charge is 2.42. The van der Waals surface area contributed by atoms with Crippen molar-refractivity contribution in [3.8, 4) is 0 Å². The first-order chi connectivity index (χ1) is 10.7. The third-order valence-electron chi connectivity index (χ3n) is 4.27. The zero-order valence-electron chi connectivity index (χ0n) is 13.4. The quantitative estimate of drug-likeness (QED) is 0.770. The molecule has 0 heterocycles. The molecule has 1 atom stereocenters. The van der Waals surface area contributed by atoms with Crippen LogP contribution >= 0.6 is 15.9 Å². The Morgan fingerprint density at radius 1 is 1.26 bits per heavy atom. The molecule has 23 heavy (non-hydrogen) atoms. The lowest BCUT2D eigenvalue weighted by Gasteiger charge is -2.26. The van der Waals surface area contributed by atoms with Gasteiger partial charge in [0.05, 0.1) is 4.90 Å². The van der Waals surface area contributed by atoms with E-state index in [1.807, 2.05) is 0 Å². The van der Waals surface area contributed by atoms with Crippen molar-refractivity contribution in [1.29, 1.82) is 0 Å². The Kier molecular flexibility index (Phi) is 5.68. The second-order valence-corrected chi connectivity index (χ2v) is 9.74. The highest BCUT2D eigenvalue weighted by Crippen LogP contribution is 2.27. The third kappa shape index (κ3) is 4.04. The molecule has 0 fully saturated rings. The van der Waals surface area contributed by atoms with Gasteiger partial charge in [-0.15, -0.1) is 0 Å². The largest absolute Gasteiger partial charge is 0.354 e. The normalized spacial score (nSPS) is 18.7. The van der Waals surface area contributed by atoms with Gasteiger partial charge in [-0.05, 0) is 63.3 Å². The standard InChI is InChI=1S/C17H22BrNO3S/c1-17(2,16(20)19-12-13-6-4-3-5-7-13)23(21,22)15-10-8-14(18)9-11-15/h3-4,8-11,13H,5-7,12H2,1-2H3,(H,19,20). The molecule has 1 N–H and O–H groups in total. The smallest absolute Gasteiger partial charge is 0.241 e. The molecule has 2 rings (SSSR count). The van der Waals surface area contributed by atoms with E-state index >= 15 is 0 Å². The maximum atomic E-state index is 12.8. The fourth-order valence-corrected chi connectivity index (χ4v) is 4.19. The van der Waals surface area contributed by atoms with Gasteiger partial charge in [-0.25, -0.2) is 8.42 Å². The van der Waals surface area contributed by atoms with E-state index in [1.165, 1.54) is 26.0 Å². The van der Waals surface area contributed by atoms with E-state index in [1.54, 1.807) is 12.1 Å². The lowest BCUT2D eigenvalue weighted by atomic mass is 9.94. The van der Waals surface area contributed by atoms with E-state index in [0.29, 0.717) is 12.5 Å². The number of carbonyl (C=O) groups is 1. The van der Waals surface area contributed by atoms with Crippen LogP contribution in [0.3, 0.4) is 0 Å². The number of hydrogen-bond acceptors (Lipinski definition) is 3. The molecule has 0 spiro atoms. The fourth-order valence-electron chi connectivity index (χ4n) is 2.52. The monoisotopic (exact) mass is 399 g/mol. The number of amides is 1. The number of benzene rings is 1. The first-order valence-corrected chi connectivity index (χ1v) is 9.96. The molecule has 1 aliphatic carbocycles. The lowest BCUT2D eigenvalue weighted by molar-refractivity contribution is -0.123. The maximum absolute atomic E-state index is 12.8. The van der Waals surface area contributed by atoms with Gasteiger partial charge >= 0.3 is 0 Å². The second kappa shape index (κ2) is 7.18. The molecule has 0 aromatic heterocycles. The number of carbonyl (C=O) groups excluding carboxylic acids is 1. The van der Waals surface area contributed by atoms with Gasteiger partial charge in [0.1, 0.15) is 4.75 Å². The first kappa shape index (κ1) is 18.2. The molecule has 1 aromatic carbocycles. The van der Waals surface area contributed by atoms with Gasteiger partial charge in [0, 0.05) is 11.0 Å². The zero-order chi connectivity index (χ0) is 17.1. The van der Waals surface area contributed by atoms with Crippen molar-refractivity contribution in [2.75, 3.05) is 6.54 Å². The van der Waals surface area contributed by atoms with E-state index in [-0.39, 0.29) is 4.90 Å². The van der Waals surface area contributed by atoms with Gasteiger partial charge in [0.25, 0.3) is 0 Å². The van der Waals surface area contributed by atoms with Gasteiger partial charge in [-0.3, -0.25) is 4.79 Å². The third-order valence-corrected chi connectivity index (χ3v) is 7.22. The summed E-state index contributed by atoms with van der Waals surface area (Å²) in [5.74, 6) is -0.0647. The number of allylic oxidation sites excluding steroid dienone is 2. The van der Waals surface area contributed by atoms with Crippen LogP contribution in [0, 0.1) is 5.92 Å². The van der Waals surface area contributed by atoms with Crippen molar-refractivity contribution < 1.29 is 13.2 Å². The molecule has 1 unspecified atom stereocenters. The average molecular weight is 400 g/mol. The van der Waals surface area contributed by atoms with Crippen LogP contribution in [0.15, 0.2) is 45.8 Å². The lowest BCUT2D eigenvalue weighted by Crippen LogP contribution is -2.49. The SMILES string of the molecule is CC(C)(C(=O)NCC1CC=CCC1)S(=O)(=O)c1ccc(Br)cc1. The Morgan fingerprint density at radius 2 is 1.91 bits per heavy atom. The molecule has 0 radical (unpaired) electrons. The van der Waals surface area contributed by atoms with Gasteiger partial charge in [-0.1, -0.05) is 28.1 Å². The van der Waals surface area contributed by atoms with Crippen LogP contribution in [0.25, 0.3) is 0 Å². The van der Waals surface area contributed by atoms with E-state index < -0.39 is 20.5 Å². The van der Waals surface area contributed by atoms with Crippen LogP contribution in [0.4, 0.5) is 0 Å². The van der Waals surface area contributed by atoms with Crippen molar-refractivity contribution >= 4 is 31.7 Å². The van der Waals surface area contributed by atoms with E-state index in [9.17, 15) is 13.2 Å². The highest BCUT2D eigenvalue weighted by molar-refractivity contribution is 9.10. The molecular formula is C17H22BrNO3S. The number of sulfone groups is 1. The highest BCUT2D eigenvalue weighted by atomic mass is 79.9. The Morgan fingerprint density at radius 3 is 2.48 bits per heavy atom. The summed E-state index contributed by atoms with van der Waals surface area (Å²) in [5.41, 5.74) is 0.